The lowest BCUT2D eigenvalue weighted by Gasteiger charge is -1.89. The molecule has 2 heterocycles. The standard InChI is InChI=1S/C12H11N3OS/c1-7-3-4-9-8(5-7)6-10(16-9)11-13-12(17)15(2)14-11/h3-6H,1-2H3,(H,13,14,17). The Morgan fingerprint density at radius 3 is 2.88 bits per heavy atom. The first-order valence-corrected chi connectivity index (χ1v) is 5.68. The van der Waals surface area contributed by atoms with Crippen LogP contribution in [0.5, 0.6) is 0 Å². The number of benzene rings is 1. The number of fused-ring (bicyclic) bond motifs is 1. The summed E-state index contributed by atoms with van der Waals surface area (Å²) < 4.78 is 7.92. The molecule has 2 aromatic heterocycles. The van der Waals surface area contributed by atoms with Crippen molar-refractivity contribution in [1.29, 1.82) is 0 Å². The molecule has 0 fully saturated rings. The molecule has 0 aliphatic carbocycles. The first kappa shape index (κ1) is 10.3. The highest BCUT2D eigenvalue weighted by molar-refractivity contribution is 7.71. The van der Waals surface area contributed by atoms with Crippen molar-refractivity contribution in [1.82, 2.24) is 14.8 Å². The number of aromatic nitrogens is 3. The van der Waals surface area contributed by atoms with Crippen LogP contribution in [0.3, 0.4) is 0 Å². The number of rotatable bonds is 1. The monoisotopic (exact) mass is 245 g/mol. The first-order valence-electron chi connectivity index (χ1n) is 5.27. The summed E-state index contributed by atoms with van der Waals surface area (Å²) in [5, 5.41) is 4.12. The lowest BCUT2D eigenvalue weighted by atomic mass is 10.2. The molecule has 0 saturated carbocycles. The van der Waals surface area contributed by atoms with Crippen LogP contribution in [0.25, 0.3) is 22.6 Å². The van der Waals surface area contributed by atoms with E-state index in [0.717, 1.165) is 11.0 Å². The minimum Gasteiger partial charge on any atom is -0.453 e. The third-order valence-corrected chi connectivity index (χ3v) is 3.04. The smallest absolute Gasteiger partial charge is 0.216 e. The van der Waals surface area contributed by atoms with Crippen molar-refractivity contribution in [2.45, 2.75) is 6.92 Å². The number of hydrogen-bond acceptors (Lipinski definition) is 3. The zero-order valence-corrected chi connectivity index (χ0v) is 10.3. The molecule has 4 nitrogen and oxygen atoms in total. The van der Waals surface area contributed by atoms with Gasteiger partial charge in [0.25, 0.3) is 0 Å². The van der Waals surface area contributed by atoms with Gasteiger partial charge < -0.3 is 4.42 Å². The molecule has 3 rings (SSSR count). The van der Waals surface area contributed by atoms with E-state index in [-0.39, 0.29) is 0 Å². The first-order chi connectivity index (χ1) is 8.13. The van der Waals surface area contributed by atoms with E-state index in [4.69, 9.17) is 16.6 Å². The average molecular weight is 245 g/mol. The van der Waals surface area contributed by atoms with E-state index in [1.165, 1.54) is 5.56 Å². The van der Waals surface area contributed by atoms with Gasteiger partial charge in [-0.1, -0.05) is 11.6 Å². The van der Waals surface area contributed by atoms with Gasteiger partial charge in [0.15, 0.2) is 11.6 Å². The Morgan fingerprint density at radius 2 is 2.18 bits per heavy atom. The number of hydrogen-bond donors (Lipinski definition) is 1. The molecule has 0 aliphatic rings. The lowest BCUT2D eigenvalue weighted by Crippen LogP contribution is -1.88. The predicted octanol–water partition coefficient (Wildman–Crippen LogP) is 3.20. The summed E-state index contributed by atoms with van der Waals surface area (Å²) in [4.78, 5) is 4.23. The zero-order chi connectivity index (χ0) is 12.0. The molecule has 5 heteroatoms. The Bertz CT molecular complexity index is 751. The van der Waals surface area contributed by atoms with Gasteiger partial charge in [0.05, 0.1) is 0 Å². The second-order valence-corrected chi connectivity index (χ2v) is 4.43. The molecular weight excluding hydrogens is 234 g/mol. The van der Waals surface area contributed by atoms with Crippen LogP contribution in [0.2, 0.25) is 0 Å². The largest absolute Gasteiger partial charge is 0.453 e. The van der Waals surface area contributed by atoms with Crippen LogP contribution in [0.4, 0.5) is 0 Å². The molecule has 0 radical (unpaired) electrons. The summed E-state index contributed by atoms with van der Waals surface area (Å²) in [5.74, 6) is 1.36. The predicted molar refractivity (Wildman–Crippen MR) is 68.3 cm³/mol. The van der Waals surface area contributed by atoms with Gasteiger partial charge in [-0.05, 0) is 37.3 Å². The third kappa shape index (κ3) is 1.68. The fourth-order valence-corrected chi connectivity index (χ4v) is 1.93. The molecular formula is C12H11N3OS. The van der Waals surface area contributed by atoms with Gasteiger partial charge in [-0.2, -0.15) is 4.98 Å². The highest BCUT2D eigenvalue weighted by atomic mass is 32.1. The van der Waals surface area contributed by atoms with Crippen LogP contribution < -0.4 is 0 Å². The molecule has 0 unspecified atom stereocenters. The van der Waals surface area contributed by atoms with E-state index in [0.29, 0.717) is 16.4 Å². The average Bonchev–Trinajstić information content (AvgIpc) is 2.83. The van der Waals surface area contributed by atoms with Gasteiger partial charge in [0.1, 0.15) is 5.58 Å². The Balaban J connectivity index is 2.21. The van der Waals surface area contributed by atoms with Crippen molar-refractivity contribution in [3.8, 4) is 11.6 Å². The summed E-state index contributed by atoms with van der Waals surface area (Å²) in [6, 6.07) is 8.04. The fourth-order valence-electron chi connectivity index (χ4n) is 1.79. The van der Waals surface area contributed by atoms with Crippen molar-refractivity contribution in [2.75, 3.05) is 0 Å². The number of H-pyrrole nitrogens is 1. The maximum atomic E-state index is 5.72. The van der Waals surface area contributed by atoms with Gasteiger partial charge in [-0.3, -0.25) is 9.78 Å². The molecule has 86 valence electrons. The van der Waals surface area contributed by atoms with Crippen LogP contribution in [0.15, 0.2) is 28.7 Å². The van der Waals surface area contributed by atoms with E-state index < -0.39 is 0 Å². The minimum atomic E-state index is 0.511. The summed E-state index contributed by atoms with van der Waals surface area (Å²) in [6.07, 6.45) is 0. The van der Waals surface area contributed by atoms with Crippen molar-refractivity contribution < 1.29 is 4.42 Å². The lowest BCUT2D eigenvalue weighted by molar-refractivity contribution is 0.623. The maximum Gasteiger partial charge on any atom is 0.216 e. The number of furan rings is 1. The van der Waals surface area contributed by atoms with E-state index in [1.54, 1.807) is 4.68 Å². The van der Waals surface area contributed by atoms with Crippen LogP contribution in [-0.4, -0.2) is 14.8 Å². The van der Waals surface area contributed by atoms with Crippen LogP contribution in [0.1, 0.15) is 5.56 Å². The van der Waals surface area contributed by atoms with Gasteiger partial charge in [-0.25, -0.2) is 0 Å². The Kier molecular flexibility index (Phi) is 2.16. The Morgan fingerprint density at radius 1 is 1.35 bits per heavy atom. The van der Waals surface area contributed by atoms with Crippen molar-refractivity contribution >= 4 is 23.2 Å². The topological polar surface area (TPSA) is 46.8 Å². The molecule has 1 aromatic carbocycles. The van der Waals surface area contributed by atoms with Gasteiger partial charge in [0, 0.05) is 12.4 Å². The maximum absolute atomic E-state index is 5.72. The van der Waals surface area contributed by atoms with Crippen LogP contribution in [0, 0.1) is 11.7 Å². The molecule has 0 spiro atoms. The highest BCUT2D eigenvalue weighted by Crippen LogP contribution is 2.26. The zero-order valence-electron chi connectivity index (χ0n) is 9.52. The Labute approximate surface area is 103 Å². The summed E-state index contributed by atoms with van der Waals surface area (Å²) >= 11 is 5.05. The van der Waals surface area contributed by atoms with E-state index in [1.807, 2.05) is 25.2 Å². The van der Waals surface area contributed by atoms with Crippen molar-refractivity contribution in [3.63, 3.8) is 0 Å². The van der Waals surface area contributed by atoms with E-state index in [9.17, 15) is 0 Å². The summed E-state index contributed by atoms with van der Waals surface area (Å²) in [7, 11) is 1.83. The SMILES string of the molecule is Cc1ccc2oc(-c3nc(=S)n(C)[nH]3)cc2c1. The molecule has 0 amide bonds. The normalized spacial score (nSPS) is 11.2. The minimum absolute atomic E-state index is 0.511. The van der Waals surface area contributed by atoms with Crippen molar-refractivity contribution in [3.05, 3.63) is 34.6 Å². The molecule has 0 aliphatic heterocycles. The molecule has 0 bridgehead atoms. The summed E-state index contributed by atoms with van der Waals surface area (Å²) in [6.45, 7) is 2.06. The second kappa shape index (κ2) is 3.56. The quantitative estimate of drug-likeness (QED) is 0.670. The highest BCUT2D eigenvalue weighted by Gasteiger charge is 2.09. The molecule has 17 heavy (non-hydrogen) atoms. The summed E-state index contributed by atoms with van der Waals surface area (Å²) in [5.41, 5.74) is 2.06. The van der Waals surface area contributed by atoms with Gasteiger partial charge >= 0.3 is 0 Å². The number of nitrogens with zero attached hydrogens (tertiary/aromatic N) is 2. The van der Waals surface area contributed by atoms with Crippen LogP contribution >= 0.6 is 12.2 Å². The van der Waals surface area contributed by atoms with E-state index in [2.05, 4.69) is 23.1 Å². The van der Waals surface area contributed by atoms with Gasteiger partial charge in [-0.15, -0.1) is 0 Å². The molecule has 1 N–H and O–H groups in total. The number of nitrogens with one attached hydrogen (secondary N) is 1. The molecule has 0 saturated heterocycles. The van der Waals surface area contributed by atoms with Gasteiger partial charge in [0.2, 0.25) is 4.77 Å². The van der Waals surface area contributed by atoms with E-state index >= 15 is 0 Å². The molecule has 3 aromatic rings. The van der Waals surface area contributed by atoms with Crippen molar-refractivity contribution in [2.24, 2.45) is 7.05 Å². The molecule has 0 atom stereocenters. The third-order valence-electron chi connectivity index (χ3n) is 2.67. The Hall–Kier alpha value is -1.88. The number of aromatic amines is 1. The second-order valence-electron chi connectivity index (χ2n) is 4.07. The number of aryl methyl sites for hydroxylation is 2. The fraction of sp³-hybridized carbons (Fsp3) is 0.167. The van der Waals surface area contributed by atoms with Crippen LogP contribution in [-0.2, 0) is 7.05 Å².